The molecular formula is C9H18BrNO3S. The van der Waals surface area contributed by atoms with E-state index in [0.29, 0.717) is 5.33 Å². The van der Waals surface area contributed by atoms with Crippen molar-refractivity contribution in [3.05, 3.63) is 0 Å². The van der Waals surface area contributed by atoms with E-state index in [1.807, 2.05) is 13.8 Å². The van der Waals surface area contributed by atoms with Crippen molar-refractivity contribution in [1.29, 1.82) is 0 Å². The van der Waals surface area contributed by atoms with Gasteiger partial charge in [0, 0.05) is 17.6 Å². The molecule has 1 N–H and O–H groups in total. The number of hydrogen-bond donors (Lipinski definition) is 1. The molecule has 0 spiro atoms. The number of nitrogens with one attached hydrogen (secondary N) is 1. The molecule has 0 radical (unpaired) electrons. The van der Waals surface area contributed by atoms with Gasteiger partial charge in [-0.1, -0.05) is 29.8 Å². The molecule has 0 saturated heterocycles. The maximum atomic E-state index is 11.6. The van der Waals surface area contributed by atoms with Gasteiger partial charge in [-0.2, -0.15) is 0 Å². The SMILES string of the molecule is CC(C)C(CBr)NC(=O)C(C)S(C)(=O)=O. The van der Waals surface area contributed by atoms with Gasteiger partial charge in [-0.3, -0.25) is 4.79 Å². The van der Waals surface area contributed by atoms with E-state index in [0.717, 1.165) is 6.26 Å². The molecule has 0 fully saturated rings. The van der Waals surface area contributed by atoms with E-state index >= 15 is 0 Å². The molecule has 0 saturated carbocycles. The molecule has 0 aliphatic heterocycles. The minimum absolute atomic E-state index is 0.0401. The number of carbonyl (C=O) groups excluding carboxylic acids is 1. The summed E-state index contributed by atoms with van der Waals surface area (Å²) in [6.07, 6.45) is 1.07. The van der Waals surface area contributed by atoms with Crippen LogP contribution < -0.4 is 5.32 Å². The quantitative estimate of drug-likeness (QED) is 0.769. The standard InChI is InChI=1S/C9H18BrNO3S/c1-6(2)8(5-10)11-9(12)7(3)15(4,13)14/h6-8H,5H2,1-4H3,(H,11,12). The highest BCUT2D eigenvalue weighted by atomic mass is 79.9. The molecule has 0 rings (SSSR count). The summed E-state index contributed by atoms with van der Waals surface area (Å²) in [7, 11) is -3.31. The summed E-state index contributed by atoms with van der Waals surface area (Å²) in [5.41, 5.74) is 0. The molecule has 0 aliphatic rings. The number of alkyl halides is 1. The monoisotopic (exact) mass is 299 g/mol. The van der Waals surface area contributed by atoms with Gasteiger partial charge in [0.2, 0.25) is 5.91 Å². The first-order valence-corrected chi connectivity index (χ1v) is 7.83. The van der Waals surface area contributed by atoms with Crippen LogP contribution in [0, 0.1) is 5.92 Å². The fourth-order valence-corrected chi connectivity index (χ4v) is 2.24. The molecule has 0 aromatic carbocycles. The van der Waals surface area contributed by atoms with Crippen molar-refractivity contribution < 1.29 is 13.2 Å². The molecule has 1 amide bonds. The molecule has 0 heterocycles. The van der Waals surface area contributed by atoms with Gasteiger partial charge in [-0.15, -0.1) is 0 Å². The summed E-state index contributed by atoms with van der Waals surface area (Å²) in [5.74, 6) is -0.171. The molecule has 0 aliphatic carbocycles. The zero-order valence-electron chi connectivity index (χ0n) is 9.45. The van der Waals surface area contributed by atoms with Crippen LogP contribution in [0.15, 0.2) is 0 Å². The van der Waals surface area contributed by atoms with Gasteiger partial charge in [0.1, 0.15) is 5.25 Å². The molecule has 0 aromatic rings. The van der Waals surface area contributed by atoms with Crippen molar-refractivity contribution in [2.45, 2.75) is 32.1 Å². The van der Waals surface area contributed by atoms with E-state index in [1.165, 1.54) is 6.92 Å². The smallest absolute Gasteiger partial charge is 0.238 e. The van der Waals surface area contributed by atoms with Gasteiger partial charge in [-0.25, -0.2) is 8.42 Å². The van der Waals surface area contributed by atoms with Crippen LogP contribution in [-0.2, 0) is 14.6 Å². The number of hydrogen-bond acceptors (Lipinski definition) is 3. The maximum Gasteiger partial charge on any atom is 0.238 e. The molecule has 2 unspecified atom stereocenters. The first kappa shape index (κ1) is 14.9. The van der Waals surface area contributed by atoms with E-state index in [-0.39, 0.29) is 12.0 Å². The van der Waals surface area contributed by atoms with E-state index in [4.69, 9.17) is 0 Å². The van der Waals surface area contributed by atoms with Crippen molar-refractivity contribution in [1.82, 2.24) is 5.32 Å². The number of sulfone groups is 1. The summed E-state index contributed by atoms with van der Waals surface area (Å²) in [5, 5.41) is 2.34. The maximum absolute atomic E-state index is 11.6. The van der Waals surface area contributed by atoms with Gasteiger partial charge in [0.15, 0.2) is 9.84 Å². The number of amides is 1. The summed E-state index contributed by atoms with van der Waals surface area (Å²) < 4.78 is 22.3. The highest BCUT2D eigenvalue weighted by molar-refractivity contribution is 9.09. The normalized spacial score (nSPS) is 16.1. The Morgan fingerprint density at radius 2 is 1.80 bits per heavy atom. The van der Waals surface area contributed by atoms with Gasteiger partial charge < -0.3 is 5.32 Å². The lowest BCUT2D eigenvalue weighted by molar-refractivity contribution is -0.121. The Bertz CT molecular complexity index is 313. The Morgan fingerprint density at radius 3 is 2.07 bits per heavy atom. The summed E-state index contributed by atoms with van der Waals surface area (Å²) >= 11 is 3.28. The minimum Gasteiger partial charge on any atom is -0.351 e. The number of rotatable bonds is 5. The second-order valence-corrected chi connectivity index (χ2v) is 7.00. The molecule has 0 aromatic heterocycles. The zero-order valence-corrected chi connectivity index (χ0v) is 11.9. The van der Waals surface area contributed by atoms with Gasteiger partial charge >= 0.3 is 0 Å². The first-order valence-electron chi connectivity index (χ1n) is 4.75. The Balaban J connectivity index is 4.49. The summed E-state index contributed by atoms with van der Waals surface area (Å²) in [4.78, 5) is 11.6. The van der Waals surface area contributed by atoms with Crippen molar-refractivity contribution in [3.8, 4) is 0 Å². The lowest BCUT2D eigenvalue weighted by Gasteiger charge is -2.21. The highest BCUT2D eigenvalue weighted by Gasteiger charge is 2.26. The van der Waals surface area contributed by atoms with E-state index in [1.54, 1.807) is 0 Å². The lowest BCUT2D eigenvalue weighted by atomic mass is 10.1. The molecule has 90 valence electrons. The lowest BCUT2D eigenvalue weighted by Crippen LogP contribution is -2.46. The summed E-state index contributed by atoms with van der Waals surface area (Å²) in [6, 6.07) is -0.0401. The van der Waals surface area contributed by atoms with E-state index < -0.39 is 21.0 Å². The molecule has 0 bridgehead atoms. The van der Waals surface area contributed by atoms with Crippen LogP contribution in [0.5, 0.6) is 0 Å². The third-order valence-corrected chi connectivity index (χ3v) is 4.51. The second-order valence-electron chi connectivity index (χ2n) is 3.99. The first-order chi connectivity index (χ1) is 6.70. The van der Waals surface area contributed by atoms with Gasteiger partial charge in [0.25, 0.3) is 0 Å². The van der Waals surface area contributed by atoms with E-state index in [2.05, 4.69) is 21.2 Å². The van der Waals surface area contributed by atoms with Crippen molar-refractivity contribution in [2.75, 3.05) is 11.6 Å². The molecular weight excluding hydrogens is 282 g/mol. The van der Waals surface area contributed by atoms with Crippen molar-refractivity contribution in [2.24, 2.45) is 5.92 Å². The highest BCUT2D eigenvalue weighted by Crippen LogP contribution is 2.06. The largest absolute Gasteiger partial charge is 0.351 e. The Labute approximate surface area is 99.9 Å². The number of carbonyl (C=O) groups is 1. The third kappa shape index (κ3) is 4.97. The fourth-order valence-electron chi connectivity index (χ4n) is 0.878. The van der Waals surface area contributed by atoms with Crippen LogP contribution in [0.4, 0.5) is 0 Å². The van der Waals surface area contributed by atoms with Crippen LogP contribution in [0.3, 0.4) is 0 Å². The Hall–Kier alpha value is -0.100. The van der Waals surface area contributed by atoms with Crippen molar-refractivity contribution in [3.63, 3.8) is 0 Å². The van der Waals surface area contributed by atoms with Gasteiger partial charge in [0.05, 0.1) is 0 Å². The predicted octanol–water partition coefficient (Wildman–Crippen LogP) is 0.955. The van der Waals surface area contributed by atoms with E-state index in [9.17, 15) is 13.2 Å². The minimum atomic E-state index is -3.31. The van der Waals surface area contributed by atoms with Crippen LogP contribution in [0.1, 0.15) is 20.8 Å². The van der Waals surface area contributed by atoms with Crippen LogP contribution in [-0.4, -0.2) is 37.2 Å². The Morgan fingerprint density at radius 1 is 1.33 bits per heavy atom. The molecule has 6 heteroatoms. The average molecular weight is 300 g/mol. The van der Waals surface area contributed by atoms with Crippen LogP contribution in [0.2, 0.25) is 0 Å². The topological polar surface area (TPSA) is 63.2 Å². The zero-order chi connectivity index (χ0) is 12.2. The van der Waals surface area contributed by atoms with Crippen LogP contribution in [0.25, 0.3) is 0 Å². The average Bonchev–Trinajstić information content (AvgIpc) is 2.10. The molecule has 2 atom stereocenters. The number of halogens is 1. The molecule has 15 heavy (non-hydrogen) atoms. The third-order valence-electron chi connectivity index (χ3n) is 2.31. The van der Waals surface area contributed by atoms with Crippen molar-refractivity contribution >= 4 is 31.7 Å². The van der Waals surface area contributed by atoms with Crippen LogP contribution >= 0.6 is 15.9 Å². The van der Waals surface area contributed by atoms with Gasteiger partial charge in [-0.05, 0) is 12.8 Å². The predicted molar refractivity (Wildman–Crippen MR) is 64.9 cm³/mol. The fraction of sp³-hybridized carbons (Fsp3) is 0.889. The second kappa shape index (κ2) is 5.84. The molecule has 4 nitrogen and oxygen atoms in total. The Kier molecular flexibility index (Phi) is 5.80. The summed E-state index contributed by atoms with van der Waals surface area (Å²) in [6.45, 7) is 5.34.